The third-order valence-corrected chi connectivity index (χ3v) is 5.48. The molecule has 0 bridgehead atoms. The summed E-state index contributed by atoms with van der Waals surface area (Å²) < 4.78 is 11.0. The van der Waals surface area contributed by atoms with Crippen LogP contribution in [0.5, 0.6) is 0 Å². The van der Waals surface area contributed by atoms with E-state index >= 15 is 0 Å². The molecule has 0 saturated carbocycles. The Labute approximate surface area is 197 Å². The van der Waals surface area contributed by atoms with Crippen molar-refractivity contribution in [3.63, 3.8) is 0 Å². The number of primary amides is 1. The van der Waals surface area contributed by atoms with Crippen molar-refractivity contribution in [1.82, 2.24) is 9.80 Å². The van der Waals surface area contributed by atoms with Crippen LogP contribution in [0.2, 0.25) is 0 Å². The Morgan fingerprint density at radius 3 is 2.18 bits per heavy atom. The minimum Gasteiger partial charge on any atom is -0.444 e. The van der Waals surface area contributed by atoms with Gasteiger partial charge in [0, 0.05) is 26.2 Å². The lowest BCUT2D eigenvalue weighted by atomic mass is 9.81. The number of nitrogens with two attached hydrogens (primary N) is 1. The zero-order chi connectivity index (χ0) is 24.9. The third kappa shape index (κ3) is 8.26. The number of benzene rings is 1. The van der Waals surface area contributed by atoms with Gasteiger partial charge in [0.25, 0.3) is 0 Å². The highest BCUT2D eigenvalue weighted by Crippen LogP contribution is 2.36. The Morgan fingerprint density at radius 2 is 1.64 bits per heavy atom. The van der Waals surface area contributed by atoms with Crippen molar-refractivity contribution in [1.29, 1.82) is 0 Å². The number of hydrogen-bond donors (Lipinski definition) is 1. The summed E-state index contributed by atoms with van der Waals surface area (Å²) in [5.74, 6) is -0.430. The van der Waals surface area contributed by atoms with E-state index in [1.54, 1.807) is 30.6 Å². The van der Waals surface area contributed by atoms with Crippen LogP contribution >= 0.6 is 0 Å². The Balaban J connectivity index is 2.05. The predicted octanol–water partition coefficient (Wildman–Crippen LogP) is 4.32. The van der Waals surface area contributed by atoms with Crippen molar-refractivity contribution in [3.8, 4) is 0 Å². The van der Waals surface area contributed by atoms with E-state index in [0.29, 0.717) is 38.9 Å². The fourth-order valence-corrected chi connectivity index (χ4v) is 3.86. The zero-order valence-electron chi connectivity index (χ0n) is 20.8. The predicted molar refractivity (Wildman–Crippen MR) is 126 cm³/mol. The highest BCUT2D eigenvalue weighted by atomic mass is 16.6. The second-order valence-electron chi connectivity index (χ2n) is 10.8. The summed E-state index contributed by atoms with van der Waals surface area (Å²) in [6, 6.07) is 9.69. The number of likely N-dealkylation sites (tertiary alicyclic amines) is 1. The van der Waals surface area contributed by atoms with Crippen molar-refractivity contribution in [3.05, 3.63) is 35.9 Å². The lowest BCUT2D eigenvalue weighted by molar-refractivity contribution is -0.127. The first-order chi connectivity index (χ1) is 15.2. The van der Waals surface area contributed by atoms with Crippen LogP contribution in [0.3, 0.4) is 0 Å². The minimum absolute atomic E-state index is 0.225. The number of ether oxygens (including phenoxy) is 2. The quantitative estimate of drug-likeness (QED) is 0.652. The van der Waals surface area contributed by atoms with Crippen LogP contribution in [0, 0.1) is 5.41 Å². The molecule has 0 aromatic heterocycles. The number of rotatable bonds is 7. The van der Waals surface area contributed by atoms with Gasteiger partial charge in [0.15, 0.2) is 0 Å². The topological polar surface area (TPSA) is 102 Å². The highest BCUT2D eigenvalue weighted by molar-refractivity contribution is 5.83. The molecule has 1 aromatic rings. The first-order valence-corrected chi connectivity index (χ1v) is 11.5. The van der Waals surface area contributed by atoms with Crippen molar-refractivity contribution < 1.29 is 23.9 Å². The zero-order valence-corrected chi connectivity index (χ0v) is 20.8. The highest BCUT2D eigenvalue weighted by Gasteiger charge is 2.45. The molecule has 1 aliphatic heterocycles. The van der Waals surface area contributed by atoms with Gasteiger partial charge in [0.2, 0.25) is 5.91 Å². The molecule has 1 heterocycles. The number of amides is 3. The maximum Gasteiger partial charge on any atom is 0.410 e. The van der Waals surface area contributed by atoms with Gasteiger partial charge >= 0.3 is 12.2 Å². The molecule has 0 radical (unpaired) electrons. The average molecular weight is 462 g/mol. The van der Waals surface area contributed by atoms with Gasteiger partial charge in [0.1, 0.15) is 11.2 Å². The number of nitrogens with zero attached hydrogens (tertiary/aromatic N) is 2. The van der Waals surface area contributed by atoms with Crippen LogP contribution in [-0.2, 0) is 20.8 Å². The summed E-state index contributed by atoms with van der Waals surface area (Å²) in [7, 11) is 0. The Hall–Kier alpha value is -2.77. The first-order valence-electron chi connectivity index (χ1n) is 11.5. The van der Waals surface area contributed by atoms with Gasteiger partial charge in [-0.3, -0.25) is 4.79 Å². The number of hydrogen-bond acceptors (Lipinski definition) is 5. The largest absolute Gasteiger partial charge is 0.444 e. The molecule has 184 valence electrons. The second-order valence-corrected chi connectivity index (χ2v) is 10.8. The van der Waals surface area contributed by atoms with Gasteiger partial charge in [-0.15, -0.1) is 0 Å². The Morgan fingerprint density at radius 1 is 1.03 bits per heavy atom. The van der Waals surface area contributed by atoms with Crippen molar-refractivity contribution in [2.75, 3.05) is 19.6 Å². The molecule has 1 fully saturated rings. The fourth-order valence-electron chi connectivity index (χ4n) is 3.86. The van der Waals surface area contributed by atoms with Crippen LogP contribution in [0.15, 0.2) is 30.3 Å². The second kappa shape index (κ2) is 10.4. The maximum absolute atomic E-state index is 12.8. The van der Waals surface area contributed by atoms with Crippen LogP contribution < -0.4 is 5.73 Å². The molecule has 0 aliphatic carbocycles. The standard InChI is InChI=1S/C25H39N3O5/c1-23(2,3)32-21(30)27(17-19-11-8-7-9-12-19)15-10-13-25(20(26)29)14-16-28(18-25)22(31)33-24(4,5)6/h7-9,11-12H,10,13-18H2,1-6H3,(H2,26,29)/t25-/m1/s1. The molecule has 2 rings (SSSR count). The Kier molecular flexibility index (Phi) is 8.38. The summed E-state index contributed by atoms with van der Waals surface area (Å²) in [6.45, 7) is 12.4. The van der Waals surface area contributed by atoms with Gasteiger partial charge < -0.3 is 25.0 Å². The molecule has 33 heavy (non-hydrogen) atoms. The van der Waals surface area contributed by atoms with Crippen LogP contribution in [0.25, 0.3) is 0 Å². The van der Waals surface area contributed by atoms with E-state index in [9.17, 15) is 14.4 Å². The van der Waals surface area contributed by atoms with Gasteiger partial charge in [0.05, 0.1) is 5.41 Å². The molecule has 0 spiro atoms. The monoisotopic (exact) mass is 461 g/mol. The fraction of sp³-hybridized carbons (Fsp3) is 0.640. The molecular formula is C25H39N3O5. The smallest absolute Gasteiger partial charge is 0.410 e. The molecule has 1 saturated heterocycles. The molecule has 1 atom stereocenters. The summed E-state index contributed by atoms with van der Waals surface area (Å²) in [5, 5.41) is 0. The normalized spacial score (nSPS) is 18.7. The molecular weight excluding hydrogens is 422 g/mol. The van der Waals surface area contributed by atoms with E-state index in [1.807, 2.05) is 51.1 Å². The molecule has 0 unspecified atom stereocenters. The van der Waals surface area contributed by atoms with Crippen LogP contribution in [-0.4, -0.2) is 58.7 Å². The van der Waals surface area contributed by atoms with Gasteiger partial charge in [-0.25, -0.2) is 9.59 Å². The van der Waals surface area contributed by atoms with Gasteiger partial charge in [-0.05, 0) is 66.4 Å². The van der Waals surface area contributed by atoms with Crippen LogP contribution in [0.1, 0.15) is 66.4 Å². The summed E-state index contributed by atoms with van der Waals surface area (Å²) >= 11 is 0. The van der Waals surface area contributed by atoms with Crippen LogP contribution in [0.4, 0.5) is 9.59 Å². The molecule has 8 heteroatoms. The van der Waals surface area contributed by atoms with Crippen molar-refractivity contribution in [2.24, 2.45) is 11.1 Å². The lowest BCUT2D eigenvalue weighted by Crippen LogP contribution is -2.43. The van der Waals surface area contributed by atoms with Gasteiger partial charge in [-0.2, -0.15) is 0 Å². The van der Waals surface area contributed by atoms with Crippen molar-refractivity contribution in [2.45, 2.75) is 78.6 Å². The maximum atomic E-state index is 12.8. The molecule has 8 nitrogen and oxygen atoms in total. The first kappa shape index (κ1) is 26.5. The molecule has 1 aromatic carbocycles. The molecule has 1 aliphatic rings. The SMILES string of the molecule is CC(C)(C)OC(=O)N(CCC[C@@]1(C(N)=O)CCN(C(=O)OC(C)(C)C)C1)Cc1ccccc1. The van der Waals surface area contributed by atoms with E-state index in [2.05, 4.69) is 0 Å². The minimum atomic E-state index is -0.830. The van der Waals surface area contributed by atoms with E-state index in [0.717, 1.165) is 5.56 Å². The number of carbonyl (C=O) groups excluding carboxylic acids is 3. The number of carbonyl (C=O) groups is 3. The van der Waals surface area contributed by atoms with E-state index < -0.39 is 34.7 Å². The van der Waals surface area contributed by atoms with Crippen molar-refractivity contribution >= 4 is 18.1 Å². The van der Waals surface area contributed by atoms with E-state index in [4.69, 9.17) is 15.2 Å². The lowest BCUT2D eigenvalue weighted by Gasteiger charge is -2.30. The van der Waals surface area contributed by atoms with Gasteiger partial charge in [-0.1, -0.05) is 30.3 Å². The van der Waals surface area contributed by atoms with E-state index in [-0.39, 0.29) is 6.54 Å². The average Bonchev–Trinajstić information content (AvgIpc) is 3.11. The Bertz CT molecular complexity index is 829. The third-order valence-electron chi connectivity index (χ3n) is 5.48. The molecule has 3 amide bonds. The summed E-state index contributed by atoms with van der Waals surface area (Å²) in [5.41, 5.74) is 4.72. The summed E-state index contributed by atoms with van der Waals surface area (Å²) in [4.78, 5) is 40.9. The molecule has 2 N–H and O–H groups in total. The van der Waals surface area contributed by atoms with E-state index in [1.165, 1.54) is 0 Å². The summed E-state index contributed by atoms with van der Waals surface area (Å²) in [6.07, 6.45) is 0.658.